The van der Waals surface area contributed by atoms with Crippen LogP contribution in [0.3, 0.4) is 0 Å². The van der Waals surface area contributed by atoms with Gasteiger partial charge in [-0.3, -0.25) is 9.59 Å². The fraction of sp³-hybridized carbons (Fsp3) is 0.792. The molecule has 1 aliphatic rings. The first kappa shape index (κ1) is 82.9. The Hall–Kier alpha value is -3.16. The molecular formula is C77H137NO10. The molecular weight excluding hydrogens is 1100 g/mol. The van der Waals surface area contributed by atoms with Crippen molar-refractivity contribution in [3.8, 4) is 0 Å². The Morgan fingerprint density at radius 3 is 1.23 bits per heavy atom. The number of hydrogen-bond acceptors (Lipinski definition) is 10. The lowest BCUT2D eigenvalue weighted by Gasteiger charge is -2.41. The van der Waals surface area contributed by atoms with Crippen molar-refractivity contribution in [2.45, 2.75) is 378 Å². The maximum atomic E-state index is 13.5. The molecule has 0 saturated carbocycles. The number of carbonyl (C=O) groups excluding carboxylic acids is 2. The molecule has 6 N–H and O–H groups in total. The van der Waals surface area contributed by atoms with Gasteiger partial charge in [0.15, 0.2) is 12.4 Å². The second-order valence-corrected chi connectivity index (χ2v) is 25.3. The summed E-state index contributed by atoms with van der Waals surface area (Å²) in [7, 11) is 0. The Morgan fingerprint density at radius 1 is 0.455 bits per heavy atom. The predicted molar refractivity (Wildman–Crippen MR) is 370 cm³/mol. The average molecular weight is 1240 g/mol. The zero-order valence-electron chi connectivity index (χ0n) is 56.8. The molecule has 88 heavy (non-hydrogen) atoms. The number of carbonyl (C=O) groups is 2. The monoisotopic (exact) mass is 1240 g/mol. The molecule has 8 unspecified atom stereocenters. The Bertz CT molecular complexity index is 1760. The normalized spacial score (nSPS) is 18.7. The number of aliphatic hydroxyl groups is 5. The zero-order chi connectivity index (χ0) is 63.9. The van der Waals surface area contributed by atoms with Crippen molar-refractivity contribution >= 4 is 11.9 Å². The highest BCUT2D eigenvalue weighted by Crippen LogP contribution is 2.26. The minimum atomic E-state index is -1.62. The molecule has 0 aromatic carbocycles. The quantitative estimate of drug-likeness (QED) is 0.0195. The van der Waals surface area contributed by atoms with Gasteiger partial charge in [-0.1, -0.05) is 331 Å². The fourth-order valence-corrected chi connectivity index (χ4v) is 11.3. The van der Waals surface area contributed by atoms with Crippen LogP contribution in [0.25, 0.3) is 0 Å². The van der Waals surface area contributed by atoms with Crippen LogP contribution in [0.4, 0.5) is 0 Å². The van der Waals surface area contributed by atoms with Crippen LogP contribution in [0.2, 0.25) is 0 Å². The van der Waals surface area contributed by atoms with E-state index in [9.17, 15) is 35.1 Å². The van der Waals surface area contributed by atoms with Crippen LogP contribution >= 0.6 is 0 Å². The molecule has 1 saturated heterocycles. The summed E-state index contributed by atoms with van der Waals surface area (Å²) in [4.78, 5) is 26.7. The third-order valence-electron chi connectivity index (χ3n) is 17.1. The van der Waals surface area contributed by atoms with Crippen LogP contribution in [0.1, 0.15) is 329 Å². The van der Waals surface area contributed by atoms with Crippen LogP contribution in [-0.2, 0) is 23.8 Å². The van der Waals surface area contributed by atoms with Gasteiger partial charge in [-0.25, -0.2) is 0 Å². The van der Waals surface area contributed by atoms with E-state index in [0.717, 1.165) is 116 Å². The van der Waals surface area contributed by atoms with E-state index in [1.165, 1.54) is 167 Å². The zero-order valence-corrected chi connectivity index (χ0v) is 56.8. The third-order valence-corrected chi connectivity index (χ3v) is 17.1. The minimum Gasteiger partial charge on any atom is -0.454 e. The van der Waals surface area contributed by atoms with Crippen molar-refractivity contribution in [3.05, 3.63) is 85.1 Å². The molecule has 1 fully saturated rings. The summed E-state index contributed by atoms with van der Waals surface area (Å²) < 4.78 is 17.7. The van der Waals surface area contributed by atoms with Crippen molar-refractivity contribution in [1.82, 2.24) is 5.32 Å². The molecule has 510 valence electrons. The van der Waals surface area contributed by atoms with E-state index < -0.39 is 67.4 Å². The van der Waals surface area contributed by atoms with Crippen LogP contribution in [0.5, 0.6) is 0 Å². The number of allylic oxidation sites excluding steroid dienone is 13. The first-order valence-electron chi connectivity index (χ1n) is 36.9. The second kappa shape index (κ2) is 64.0. The molecule has 0 spiro atoms. The van der Waals surface area contributed by atoms with Gasteiger partial charge >= 0.3 is 5.97 Å². The van der Waals surface area contributed by atoms with Crippen molar-refractivity contribution in [3.63, 3.8) is 0 Å². The van der Waals surface area contributed by atoms with Crippen LogP contribution in [0, 0.1) is 0 Å². The van der Waals surface area contributed by atoms with E-state index in [2.05, 4.69) is 99.0 Å². The molecule has 1 aliphatic heterocycles. The van der Waals surface area contributed by atoms with Crippen molar-refractivity contribution < 1.29 is 49.3 Å². The number of esters is 1. The molecule has 8 atom stereocenters. The predicted octanol–water partition coefficient (Wildman–Crippen LogP) is 19.2. The molecule has 0 radical (unpaired) electrons. The van der Waals surface area contributed by atoms with Crippen LogP contribution in [-0.4, -0.2) is 99.6 Å². The Kier molecular flexibility index (Phi) is 60.2. The largest absolute Gasteiger partial charge is 0.454 e. The summed E-state index contributed by atoms with van der Waals surface area (Å²) in [6, 6.07) is -1.03. The van der Waals surface area contributed by atoms with E-state index >= 15 is 0 Å². The lowest BCUT2D eigenvalue weighted by Crippen LogP contribution is -2.61. The highest BCUT2D eigenvalue weighted by molar-refractivity contribution is 5.80. The van der Waals surface area contributed by atoms with Crippen LogP contribution < -0.4 is 5.32 Å². The lowest BCUT2D eigenvalue weighted by molar-refractivity contribution is -0.305. The highest BCUT2D eigenvalue weighted by atomic mass is 16.7. The number of amides is 1. The SMILES string of the molecule is CC/C=C\C/C=C\C/C=C\C/C=C\C/C=C\C/C=C\CCCCCCCCCC(O)C(=O)NC(COC1OC(CO)C(O)C(O)C1OC(=O)CCCCCCCCCCCCCCCCCCCCCCC)C(O)/C=C/CCCCCCCCCCCC. The second-order valence-electron chi connectivity index (χ2n) is 25.3. The molecule has 11 heteroatoms. The number of hydrogen-bond donors (Lipinski definition) is 6. The topological polar surface area (TPSA) is 175 Å². The number of unbranched alkanes of at least 4 members (excludes halogenated alkanes) is 37. The number of aliphatic hydroxyl groups excluding tert-OH is 5. The third kappa shape index (κ3) is 50.5. The van der Waals surface area contributed by atoms with Gasteiger partial charge in [0.25, 0.3) is 0 Å². The van der Waals surface area contributed by atoms with Crippen molar-refractivity contribution in [2.24, 2.45) is 0 Å². The van der Waals surface area contributed by atoms with E-state index in [0.29, 0.717) is 12.8 Å². The molecule has 1 amide bonds. The van der Waals surface area contributed by atoms with Gasteiger partial charge in [0, 0.05) is 6.42 Å². The van der Waals surface area contributed by atoms with E-state index in [1.54, 1.807) is 6.08 Å². The Labute approximate surface area is 540 Å². The number of nitrogens with one attached hydrogen (secondary N) is 1. The highest BCUT2D eigenvalue weighted by Gasteiger charge is 2.47. The van der Waals surface area contributed by atoms with E-state index in [1.807, 2.05) is 6.08 Å². The summed E-state index contributed by atoms with van der Waals surface area (Å²) in [6.45, 7) is 5.71. The first-order valence-corrected chi connectivity index (χ1v) is 36.9. The molecule has 0 aromatic rings. The molecule has 0 bridgehead atoms. The smallest absolute Gasteiger partial charge is 0.306 e. The summed E-state index contributed by atoms with van der Waals surface area (Å²) in [5.41, 5.74) is 0. The van der Waals surface area contributed by atoms with Crippen LogP contribution in [0.15, 0.2) is 85.1 Å². The molecule has 0 aromatic heterocycles. The van der Waals surface area contributed by atoms with Crippen molar-refractivity contribution in [2.75, 3.05) is 13.2 Å². The number of rotatable bonds is 63. The van der Waals surface area contributed by atoms with Crippen molar-refractivity contribution in [1.29, 1.82) is 0 Å². The van der Waals surface area contributed by atoms with E-state index in [-0.39, 0.29) is 19.4 Å². The van der Waals surface area contributed by atoms with Gasteiger partial charge in [-0.15, -0.1) is 0 Å². The lowest BCUT2D eigenvalue weighted by atomic mass is 9.99. The Balaban J connectivity index is 2.56. The van der Waals surface area contributed by atoms with Gasteiger partial charge in [-0.2, -0.15) is 0 Å². The molecule has 0 aliphatic carbocycles. The maximum absolute atomic E-state index is 13.5. The van der Waals surface area contributed by atoms with E-state index in [4.69, 9.17) is 14.2 Å². The Morgan fingerprint density at radius 2 is 0.818 bits per heavy atom. The summed E-state index contributed by atoms with van der Waals surface area (Å²) in [5, 5.41) is 57.3. The van der Waals surface area contributed by atoms with Gasteiger partial charge in [-0.05, 0) is 77.0 Å². The van der Waals surface area contributed by atoms with Gasteiger partial charge < -0.3 is 45.1 Å². The fourth-order valence-electron chi connectivity index (χ4n) is 11.3. The first-order chi connectivity index (χ1) is 43.2. The minimum absolute atomic E-state index is 0.124. The summed E-state index contributed by atoms with van der Waals surface area (Å²) in [5.74, 6) is -1.19. The summed E-state index contributed by atoms with van der Waals surface area (Å²) in [6.07, 6.45) is 74.8. The maximum Gasteiger partial charge on any atom is 0.306 e. The van der Waals surface area contributed by atoms with Gasteiger partial charge in [0.05, 0.1) is 25.4 Å². The van der Waals surface area contributed by atoms with Gasteiger partial charge in [0.1, 0.15) is 24.4 Å². The number of ether oxygens (including phenoxy) is 3. The van der Waals surface area contributed by atoms with Gasteiger partial charge in [0.2, 0.25) is 5.91 Å². The summed E-state index contributed by atoms with van der Waals surface area (Å²) >= 11 is 0. The molecule has 1 heterocycles. The average Bonchev–Trinajstić information content (AvgIpc) is 1.25. The molecule has 11 nitrogen and oxygen atoms in total. The standard InChI is InChI=1S/C77H137NO10/c1-4-7-10-13-16-19-22-25-27-29-31-33-34-35-36-37-39-40-42-44-46-49-52-55-58-61-64-70(81)76(85)78-68(69(80)63-60-57-54-51-48-24-21-18-15-12-9-6-3)67-86-77-75(74(84)73(83)71(66-79)87-77)88-72(82)65-62-59-56-53-50-47-45-43-41-38-32-30-28-26-23-20-17-14-11-8-5-2/h7,10,16,19,25,27,31,33,35-36,39-40,60,63,68-71,73-75,77,79-81,83-84H,4-6,8-9,11-15,17-18,20-24,26,28-30,32,34,37-38,41-59,61-62,64-67H2,1-3H3,(H,78,85)/b10-7-,19-16-,27-25-,33-31-,36-35-,40-39-,63-60+. The molecule has 1 rings (SSSR count).